The van der Waals surface area contributed by atoms with Gasteiger partial charge in [0.25, 0.3) is 0 Å². The van der Waals surface area contributed by atoms with Crippen molar-refractivity contribution in [1.29, 1.82) is 0 Å². The Bertz CT molecular complexity index is 168. The van der Waals surface area contributed by atoms with Crippen molar-refractivity contribution in [2.75, 3.05) is 40.8 Å². The Hall–Kier alpha value is -0.120. The van der Waals surface area contributed by atoms with E-state index in [1.54, 1.807) is 0 Å². The molecule has 0 saturated carbocycles. The summed E-state index contributed by atoms with van der Waals surface area (Å²) in [5.74, 6) is 0.590. The lowest BCUT2D eigenvalue weighted by Gasteiger charge is -2.41. The van der Waals surface area contributed by atoms with Gasteiger partial charge in [0.2, 0.25) is 0 Å². The molecule has 0 aliphatic carbocycles. The second kappa shape index (κ2) is 6.46. The van der Waals surface area contributed by atoms with Crippen molar-refractivity contribution in [1.82, 2.24) is 9.80 Å². The molecule has 3 nitrogen and oxygen atoms in total. The zero-order valence-corrected chi connectivity index (χ0v) is 11.4. The summed E-state index contributed by atoms with van der Waals surface area (Å²) < 4.78 is 0. The molecule has 0 aliphatic rings. The summed E-state index contributed by atoms with van der Waals surface area (Å²) in [5.41, 5.74) is 6.02. The molecule has 1 atom stereocenters. The Labute approximate surface area is 95.6 Å². The number of rotatable bonds is 7. The number of hydrogen-bond acceptors (Lipinski definition) is 3. The van der Waals surface area contributed by atoms with Gasteiger partial charge in [-0.3, -0.25) is 4.90 Å². The van der Waals surface area contributed by atoms with Crippen molar-refractivity contribution in [2.45, 2.75) is 32.7 Å². The van der Waals surface area contributed by atoms with Crippen LogP contribution in [0.5, 0.6) is 0 Å². The molecule has 0 spiro atoms. The molecule has 0 aromatic heterocycles. The van der Waals surface area contributed by atoms with Gasteiger partial charge < -0.3 is 10.6 Å². The first-order chi connectivity index (χ1) is 6.84. The molecule has 0 rings (SSSR count). The summed E-state index contributed by atoms with van der Waals surface area (Å²) in [5, 5.41) is 0. The van der Waals surface area contributed by atoms with Crippen LogP contribution in [0.15, 0.2) is 0 Å². The van der Waals surface area contributed by atoms with E-state index < -0.39 is 0 Å². The van der Waals surface area contributed by atoms with Crippen molar-refractivity contribution in [3.05, 3.63) is 0 Å². The fourth-order valence-corrected chi connectivity index (χ4v) is 1.71. The average Bonchev–Trinajstić information content (AvgIpc) is 2.15. The Balaban J connectivity index is 4.10. The third-order valence-electron chi connectivity index (χ3n) is 3.63. The molecule has 0 saturated heterocycles. The van der Waals surface area contributed by atoms with E-state index in [0.717, 1.165) is 19.6 Å². The van der Waals surface area contributed by atoms with Crippen LogP contribution in [0, 0.1) is 5.92 Å². The lowest BCUT2D eigenvalue weighted by atomic mass is 9.87. The largest absolute Gasteiger partial charge is 0.329 e. The standard InChI is InChI=1S/C12H29N3/c1-11(2)12(3,10-13)15(6)9-7-8-14(4)5/h11H,7-10,13H2,1-6H3. The van der Waals surface area contributed by atoms with Crippen LogP contribution in [-0.2, 0) is 0 Å². The van der Waals surface area contributed by atoms with Gasteiger partial charge in [-0.15, -0.1) is 0 Å². The van der Waals surface area contributed by atoms with Crippen molar-refractivity contribution >= 4 is 0 Å². The maximum Gasteiger partial charge on any atom is 0.0323 e. The second-order valence-electron chi connectivity index (χ2n) is 5.29. The topological polar surface area (TPSA) is 32.5 Å². The Morgan fingerprint density at radius 2 is 1.67 bits per heavy atom. The van der Waals surface area contributed by atoms with Crippen LogP contribution in [0.4, 0.5) is 0 Å². The van der Waals surface area contributed by atoms with Crippen LogP contribution in [0.3, 0.4) is 0 Å². The van der Waals surface area contributed by atoms with Gasteiger partial charge in [0.1, 0.15) is 0 Å². The van der Waals surface area contributed by atoms with E-state index >= 15 is 0 Å². The van der Waals surface area contributed by atoms with E-state index in [9.17, 15) is 0 Å². The molecule has 0 aromatic carbocycles. The fraction of sp³-hybridized carbons (Fsp3) is 1.00. The monoisotopic (exact) mass is 215 g/mol. The molecule has 0 radical (unpaired) electrons. The third kappa shape index (κ3) is 4.49. The third-order valence-corrected chi connectivity index (χ3v) is 3.63. The van der Waals surface area contributed by atoms with Gasteiger partial charge >= 0.3 is 0 Å². The molecule has 0 heterocycles. The number of hydrogen-bond donors (Lipinski definition) is 1. The molecular weight excluding hydrogens is 186 g/mol. The van der Waals surface area contributed by atoms with E-state index in [2.05, 4.69) is 51.7 Å². The van der Waals surface area contributed by atoms with E-state index in [1.165, 1.54) is 6.42 Å². The van der Waals surface area contributed by atoms with Crippen LogP contribution in [0.2, 0.25) is 0 Å². The molecule has 0 bridgehead atoms. The molecule has 92 valence electrons. The van der Waals surface area contributed by atoms with E-state index in [4.69, 9.17) is 5.73 Å². The first-order valence-corrected chi connectivity index (χ1v) is 5.90. The van der Waals surface area contributed by atoms with Crippen molar-refractivity contribution in [2.24, 2.45) is 11.7 Å². The van der Waals surface area contributed by atoms with Gasteiger partial charge in [0, 0.05) is 12.1 Å². The van der Waals surface area contributed by atoms with Crippen LogP contribution < -0.4 is 5.73 Å². The maximum atomic E-state index is 5.89. The van der Waals surface area contributed by atoms with E-state index in [-0.39, 0.29) is 5.54 Å². The summed E-state index contributed by atoms with van der Waals surface area (Å²) in [6.45, 7) is 9.73. The average molecular weight is 215 g/mol. The minimum atomic E-state index is 0.131. The summed E-state index contributed by atoms with van der Waals surface area (Å²) >= 11 is 0. The normalized spacial score (nSPS) is 16.4. The molecule has 3 heteroatoms. The van der Waals surface area contributed by atoms with Crippen LogP contribution in [0.1, 0.15) is 27.2 Å². The zero-order chi connectivity index (χ0) is 12.1. The molecular formula is C12H29N3. The van der Waals surface area contributed by atoms with Gasteiger partial charge in [0.05, 0.1) is 0 Å². The molecule has 0 amide bonds. The van der Waals surface area contributed by atoms with Crippen molar-refractivity contribution in [3.8, 4) is 0 Å². The highest BCUT2D eigenvalue weighted by molar-refractivity contribution is 4.88. The van der Waals surface area contributed by atoms with Gasteiger partial charge in [0.15, 0.2) is 0 Å². The van der Waals surface area contributed by atoms with Crippen LogP contribution >= 0.6 is 0 Å². The van der Waals surface area contributed by atoms with Crippen molar-refractivity contribution in [3.63, 3.8) is 0 Å². The number of likely N-dealkylation sites (N-methyl/N-ethyl adjacent to an activating group) is 1. The summed E-state index contributed by atoms with van der Waals surface area (Å²) in [7, 11) is 6.41. The lowest BCUT2D eigenvalue weighted by molar-refractivity contribution is 0.0915. The minimum Gasteiger partial charge on any atom is -0.329 e. The lowest BCUT2D eigenvalue weighted by Crippen LogP contribution is -2.53. The quantitative estimate of drug-likeness (QED) is 0.693. The van der Waals surface area contributed by atoms with Gasteiger partial charge in [-0.05, 0) is 53.5 Å². The smallest absolute Gasteiger partial charge is 0.0323 e. The summed E-state index contributed by atoms with van der Waals surface area (Å²) in [4.78, 5) is 4.63. The summed E-state index contributed by atoms with van der Waals surface area (Å²) in [6.07, 6.45) is 1.20. The summed E-state index contributed by atoms with van der Waals surface area (Å²) in [6, 6.07) is 0. The highest BCUT2D eigenvalue weighted by atomic mass is 15.2. The molecule has 0 fully saturated rings. The Morgan fingerprint density at radius 3 is 2.00 bits per heavy atom. The van der Waals surface area contributed by atoms with Gasteiger partial charge in [-0.2, -0.15) is 0 Å². The minimum absolute atomic E-state index is 0.131. The highest BCUT2D eigenvalue weighted by Crippen LogP contribution is 2.22. The molecule has 1 unspecified atom stereocenters. The number of nitrogens with two attached hydrogens (primary N) is 1. The van der Waals surface area contributed by atoms with E-state index in [0.29, 0.717) is 5.92 Å². The highest BCUT2D eigenvalue weighted by Gasteiger charge is 2.30. The van der Waals surface area contributed by atoms with E-state index in [1.807, 2.05) is 0 Å². The Kier molecular flexibility index (Phi) is 6.41. The Morgan fingerprint density at radius 1 is 1.13 bits per heavy atom. The maximum absolute atomic E-state index is 5.89. The molecule has 0 aliphatic heterocycles. The first kappa shape index (κ1) is 14.9. The predicted molar refractivity (Wildman–Crippen MR) is 68.1 cm³/mol. The molecule has 15 heavy (non-hydrogen) atoms. The van der Waals surface area contributed by atoms with Gasteiger partial charge in [-0.1, -0.05) is 13.8 Å². The number of nitrogens with zero attached hydrogens (tertiary/aromatic N) is 2. The molecule has 0 aromatic rings. The second-order valence-corrected chi connectivity index (χ2v) is 5.29. The first-order valence-electron chi connectivity index (χ1n) is 5.90. The molecule has 2 N–H and O–H groups in total. The fourth-order valence-electron chi connectivity index (χ4n) is 1.71. The van der Waals surface area contributed by atoms with Crippen molar-refractivity contribution < 1.29 is 0 Å². The predicted octanol–water partition coefficient (Wildman–Crippen LogP) is 1.24. The SMILES string of the molecule is CC(C)C(C)(CN)N(C)CCCN(C)C. The zero-order valence-electron chi connectivity index (χ0n) is 11.4. The van der Waals surface area contributed by atoms with Crippen LogP contribution in [-0.4, -0.2) is 56.1 Å². The van der Waals surface area contributed by atoms with Crippen LogP contribution in [0.25, 0.3) is 0 Å². The van der Waals surface area contributed by atoms with Gasteiger partial charge in [-0.25, -0.2) is 0 Å².